The average molecular weight is 297 g/mol. The topological polar surface area (TPSA) is 73.2 Å². The number of likely N-dealkylation sites (N-methyl/N-ethyl adjacent to an activating group) is 1. The normalized spacial score (nSPS) is 19.2. The van der Waals surface area contributed by atoms with Gasteiger partial charge >= 0.3 is 0 Å². The molecular weight excluding hydrogens is 281 g/mol. The van der Waals surface area contributed by atoms with Crippen molar-refractivity contribution in [2.45, 2.75) is 24.3 Å². The Labute approximate surface area is 118 Å². The molecule has 1 fully saturated rings. The van der Waals surface area contributed by atoms with E-state index in [0.29, 0.717) is 13.0 Å². The zero-order chi connectivity index (χ0) is 14.8. The zero-order valence-corrected chi connectivity index (χ0v) is 12.0. The number of benzene rings is 1. The van der Waals surface area contributed by atoms with Crippen LogP contribution in [0.5, 0.6) is 0 Å². The molecule has 5 nitrogen and oxygen atoms in total. The summed E-state index contributed by atoms with van der Waals surface area (Å²) in [5, 5.41) is 12.1. The van der Waals surface area contributed by atoms with Crippen LogP contribution in [0.15, 0.2) is 23.1 Å². The predicted molar refractivity (Wildman–Crippen MR) is 72.0 cm³/mol. The second-order valence-electron chi connectivity index (χ2n) is 4.58. The fraction of sp³-hybridized carbons (Fsp3) is 0.462. The van der Waals surface area contributed by atoms with E-state index in [1.807, 2.05) is 0 Å². The van der Waals surface area contributed by atoms with Crippen molar-refractivity contribution in [2.24, 2.45) is 0 Å². The van der Waals surface area contributed by atoms with Gasteiger partial charge in [-0.1, -0.05) is 13.0 Å². The first-order valence-electron chi connectivity index (χ1n) is 6.43. The lowest BCUT2D eigenvalue weighted by atomic mass is 10.2. The van der Waals surface area contributed by atoms with E-state index in [-0.39, 0.29) is 17.5 Å². The zero-order valence-electron chi connectivity index (χ0n) is 11.1. The third kappa shape index (κ3) is 2.54. The molecule has 0 spiro atoms. The van der Waals surface area contributed by atoms with Crippen molar-refractivity contribution < 1.29 is 12.8 Å². The molecule has 1 aliphatic heterocycles. The molecule has 0 aromatic heterocycles. The maximum absolute atomic E-state index is 13.6. The van der Waals surface area contributed by atoms with Crippen LogP contribution in [0, 0.1) is 17.1 Å². The van der Waals surface area contributed by atoms with Crippen LogP contribution in [0.4, 0.5) is 4.39 Å². The van der Waals surface area contributed by atoms with Gasteiger partial charge in [-0.2, -0.15) is 9.57 Å². The maximum atomic E-state index is 13.6. The lowest BCUT2D eigenvalue weighted by Gasteiger charge is -2.26. The first-order valence-corrected chi connectivity index (χ1v) is 7.87. The number of nitrogens with one attached hydrogen (secondary N) is 1. The molecule has 0 radical (unpaired) electrons. The third-order valence-electron chi connectivity index (χ3n) is 3.43. The number of nitrogens with zero attached hydrogens (tertiary/aromatic N) is 2. The summed E-state index contributed by atoms with van der Waals surface area (Å²) in [4.78, 5) is -0.256. The molecule has 1 aromatic carbocycles. The lowest BCUT2D eigenvalue weighted by molar-refractivity contribution is 0.348. The Bertz CT molecular complexity index is 634. The van der Waals surface area contributed by atoms with Gasteiger partial charge in [0.15, 0.2) is 0 Å². The molecule has 1 unspecified atom stereocenters. The highest BCUT2D eigenvalue weighted by Crippen LogP contribution is 2.25. The van der Waals surface area contributed by atoms with Gasteiger partial charge in [-0.25, -0.2) is 12.8 Å². The Kier molecular flexibility index (Phi) is 4.38. The van der Waals surface area contributed by atoms with Gasteiger partial charge in [0.2, 0.25) is 10.0 Å². The SMILES string of the molecule is CCN(C1CCNC1)S(=O)(=O)c1cccc(F)c1C#N. The van der Waals surface area contributed by atoms with Crippen LogP contribution in [-0.2, 0) is 10.0 Å². The molecule has 1 aromatic rings. The molecule has 108 valence electrons. The molecule has 2 rings (SSSR count). The van der Waals surface area contributed by atoms with Gasteiger partial charge in [0, 0.05) is 19.1 Å². The van der Waals surface area contributed by atoms with Crippen molar-refractivity contribution in [1.29, 1.82) is 5.26 Å². The number of sulfonamides is 1. The number of rotatable bonds is 4. The molecule has 1 heterocycles. The second-order valence-corrected chi connectivity index (χ2v) is 6.44. The van der Waals surface area contributed by atoms with Gasteiger partial charge in [-0.15, -0.1) is 0 Å². The molecule has 1 N–H and O–H groups in total. The van der Waals surface area contributed by atoms with E-state index in [4.69, 9.17) is 5.26 Å². The van der Waals surface area contributed by atoms with Crippen LogP contribution in [0.3, 0.4) is 0 Å². The summed E-state index contributed by atoms with van der Waals surface area (Å²) in [6.45, 7) is 3.35. The first-order chi connectivity index (χ1) is 9.52. The highest BCUT2D eigenvalue weighted by molar-refractivity contribution is 7.89. The summed E-state index contributed by atoms with van der Waals surface area (Å²) in [5.41, 5.74) is -0.420. The maximum Gasteiger partial charge on any atom is 0.244 e. The van der Waals surface area contributed by atoms with Crippen LogP contribution in [0.1, 0.15) is 18.9 Å². The highest BCUT2D eigenvalue weighted by atomic mass is 32.2. The second kappa shape index (κ2) is 5.87. The molecule has 1 aliphatic rings. The van der Waals surface area contributed by atoms with Gasteiger partial charge in [0.1, 0.15) is 22.3 Å². The smallest absolute Gasteiger partial charge is 0.244 e. The van der Waals surface area contributed by atoms with E-state index >= 15 is 0 Å². The van der Waals surface area contributed by atoms with Crippen molar-refractivity contribution in [1.82, 2.24) is 9.62 Å². The predicted octanol–water partition coefficient (Wildman–Crippen LogP) is 1.07. The van der Waals surface area contributed by atoms with E-state index in [2.05, 4.69) is 5.32 Å². The summed E-state index contributed by atoms with van der Waals surface area (Å²) in [5.74, 6) is -0.811. The third-order valence-corrected chi connectivity index (χ3v) is 5.50. The molecule has 1 atom stereocenters. The molecule has 0 amide bonds. The first kappa shape index (κ1) is 14.9. The monoisotopic (exact) mass is 297 g/mol. The Balaban J connectivity index is 2.49. The lowest BCUT2D eigenvalue weighted by Crippen LogP contribution is -2.41. The van der Waals surface area contributed by atoms with Crippen molar-refractivity contribution in [2.75, 3.05) is 19.6 Å². The average Bonchev–Trinajstić information content (AvgIpc) is 2.92. The molecule has 0 aliphatic carbocycles. The summed E-state index contributed by atoms with van der Waals surface area (Å²) in [6.07, 6.45) is 0.713. The summed E-state index contributed by atoms with van der Waals surface area (Å²) in [6, 6.07) is 5.17. The highest BCUT2D eigenvalue weighted by Gasteiger charge is 2.34. The fourth-order valence-corrected chi connectivity index (χ4v) is 4.28. The van der Waals surface area contributed by atoms with Crippen LogP contribution in [0.25, 0.3) is 0 Å². The van der Waals surface area contributed by atoms with E-state index in [9.17, 15) is 12.8 Å². The van der Waals surface area contributed by atoms with Gasteiger partial charge in [0.25, 0.3) is 0 Å². The Morgan fingerprint density at radius 3 is 2.85 bits per heavy atom. The standard InChI is InChI=1S/C13H16FN3O2S/c1-2-17(10-6-7-16-9-10)20(18,19)13-5-3-4-12(14)11(13)8-15/h3-5,10,16H,2,6-7,9H2,1H3. The summed E-state index contributed by atoms with van der Waals surface area (Å²) >= 11 is 0. The summed E-state index contributed by atoms with van der Waals surface area (Å²) < 4.78 is 40.3. The Morgan fingerprint density at radius 2 is 2.30 bits per heavy atom. The number of nitriles is 1. The van der Waals surface area contributed by atoms with Crippen molar-refractivity contribution >= 4 is 10.0 Å². The van der Waals surface area contributed by atoms with E-state index < -0.39 is 21.4 Å². The Morgan fingerprint density at radius 1 is 1.55 bits per heavy atom. The molecule has 20 heavy (non-hydrogen) atoms. The van der Waals surface area contributed by atoms with Crippen molar-refractivity contribution in [3.8, 4) is 6.07 Å². The van der Waals surface area contributed by atoms with E-state index in [1.165, 1.54) is 16.4 Å². The van der Waals surface area contributed by atoms with Gasteiger partial charge in [-0.3, -0.25) is 0 Å². The largest absolute Gasteiger partial charge is 0.315 e. The minimum absolute atomic E-state index is 0.153. The van der Waals surface area contributed by atoms with Gasteiger partial charge in [0.05, 0.1) is 0 Å². The molecular formula is C13H16FN3O2S. The van der Waals surface area contributed by atoms with Crippen LogP contribution in [-0.4, -0.2) is 38.4 Å². The molecule has 0 bridgehead atoms. The molecule has 0 saturated carbocycles. The summed E-state index contributed by atoms with van der Waals surface area (Å²) in [7, 11) is -3.87. The quantitative estimate of drug-likeness (QED) is 0.902. The van der Waals surface area contributed by atoms with Crippen LogP contribution in [0.2, 0.25) is 0 Å². The fourth-order valence-electron chi connectivity index (χ4n) is 2.46. The molecule has 7 heteroatoms. The number of hydrogen-bond acceptors (Lipinski definition) is 4. The van der Waals surface area contributed by atoms with E-state index in [0.717, 1.165) is 12.6 Å². The van der Waals surface area contributed by atoms with Crippen molar-refractivity contribution in [3.05, 3.63) is 29.6 Å². The Hall–Kier alpha value is -1.49. The molecule has 1 saturated heterocycles. The van der Waals surface area contributed by atoms with Gasteiger partial charge < -0.3 is 5.32 Å². The minimum Gasteiger partial charge on any atom is -0.315 e. The number of halogens is 1. The van der Waals surface area contributed by atoms with Crippen LogP contribution >= 0.6 is 0 Å². The van der Waals surface area contributed by atoms with E-state index in [1.54, 1.807) is 13.0 Å². The minimum atomic E-state index is -3.87. The van der Waals surface area contributed by atoms with Crippen molar-refractivity contribution in [3.63, 3.8) is 0 Å². The van der Waals surface area contributed by atoms with Gasteiger partial charge in [-0.05, 0) is 25.1 Å². The van der Waals surface area contributed by atoms with Crippen LogP contribution < -0.4 is 5.32 Å². The number of hydrogen-bond donors (Lipinski definition) is 1.